The normalized spacial score (nSPS) is 12.3. The van der Waals surface area contributed by atoms with Crippen molar-refractivity contribution in [3.8, 4) is 5.75 Å². The van der Waals surface area contributed by atoms with Crippen molar-refractivity contribution in [2.45, 2.75) is 25.6 Å². The molecule has 0 bridgehead atoms. The fourth-order valence-electron chi connectivity index (χ4n) is 1.31. The Balaban J connectivity index is 2.79. The number of nitrogens with zero attached hydrogens (tertiary/aromatic N) is 1. The summed E-state index contributed by atoms with van der Waals surface area (Å²) in [5.41, 5.74) is 0.851. The van der Waals surface area contributed by atoms with Crippen LogP contribution in [0.25, 0.3) is 0 Å². The standard InChI is InChI=1S/C11H17NO3S/c1-9(2)16(14,15)12(3)8-10-4-6-11(13)7-5-10/h4-7,9,13H,8H2,1-3H3. The molecule has 0 saturated heterocycles. The molecule has 0 unspecified atom stereocenters. The van der Waals surface area contributed by atoms with Crippen molar-refractivity contribution >= 4 is 10.0 Å². The Bertz CT molecular complexity index is 437. The molecule has 90 valence electrons. The summed E-state index contributed by atoms with van der Waals surface area (Å²) < 4.78 is 24.9. The number of phenolic OH excluding ortho intramolecular Hbond substituents is 1. The Kier molecular flexibility index (Phi) is 3.93. The highest BCUT2D eigenvalue weighted by Crippen LogP contribution is 2.14. The first kappa shape index (κ1) is 13.0. The lowest BCUT2D eigenvalue weighted by atomic mass is 10.2. The van der Waals surface area contributed by atoms with E-state index in [0.29, 0.717) is 6.54 Å². The summed E-state index contributed by atoms with van der Waals surface area (Å²) in [6.07, 6.45) is 0. The van der Waals surface area contributed by atoms with Gasteiger partial charge in [-0.25, -0.2) is 12.7 Å². The molecule has 5 heteroatoms. The molecule has 4 nitrogen and oxygen atoms in total. The van der Waals surface area contributed by atoms with Crippen LogP contribution in [-0.2, 0) is 16.6 Å². The Morgan fingerprint density at radius 2 is 1.75 bits per heavy atom. The van der Waals surface area contributed by atoms with Crippen LogP contribution in [0.5, 0.6) is 5.75 Å². The lowest BCUT2D eigenvalue weighted by Crippen LogP contribution is -2.32. The van der Waals surface area contributed by atoms with Crippen molar-refractivity contribution in [3.63, 3.8) is 0 Å². The monoisotopic (exact) mass is 243 g/mol. The van der Waals surface area contributed by atoms with E-state index in [1.165, 1.54) is 4.31 Å². The molecule has 0 aliphatic carbocycles. The van der Waals surface area contributed by atoms with Crippen LogP contribution in [0.1, 0.15) is 19.4 Å². The van der Waals surface area contributed by atoms with E-state index in [-0.39, 0.29) is 5.75 Å². The van der Waals surface area contributed by atoms with Gasteiger partial charge < -0.3 is 5.11 Å². The summed E-state index contributed by atoms with van der Waals surface area (Å²) in [5, 5.41) is 8.69. The number of hydrogen-bond donors (Lipinski definition) is 1. The molecule has 1 rings (SSSR count). The van der Waals surface area contributed by atoms with Crippen molar-refractivity contribution in [3.05, 3.63) is 29.8 Å². The molecule has 0 atom stereocenters. The second-order valence-corrected chi connectivity index (χ2v) is 6.61. The van der Waals surface area contributed by atoms with E-state index >= 15 is 0 Å². The smallest absolute Gasteiger partial charge is 0.216 e. The summed E-state index contributed by atoms with van der Waals surface area (Å²) in [7, 11) is -1.66. The molecule has 0 heterocycles. The first-order valence-corrected chi connectivity index (χ1v) is 6.57. The van der Waals surface area contributed by atoms with Gasteiger partial charge in [-0.3, -0.25) is 0 Å². The van der Waals surface area contributed by atoms with Gasteiger partial charge in [0.2, 0.25) is 10.0 Å². The van der Waals surface area contributed by atoms with Crippen molar-refractivity contribution in [1.29, 1.82) is 0 Å². The van der Waals surface area contributed by atoms with E-state index in [1.54, 1.807) is 45.2 Å². The Hall–Kier alpha value is -1.07. The van der Waals surface area contributed by atoms with Gasteiger partial charge in [0.25, 0.3) is 0 Å². The van der Waals surface area contributed by atoms with Gasteiger partial charge in [0.05, 0.1) is 5.25 Å². The predicted molar refractivity (Wildman–Crippen MR) is 63.6 cm³/mol. The van der Waals surface area contributed by atoms with Crippen LogP contribution >= 0.6 is 0 Å². The Morgan fingerprint density at radius 1 is 1.25 bits per heavy atom. The van der Waals surface area contributed by atoms with E-state index in [2.05, 4.69) is 0 Å². The molecule has 0 spiro atoms. The largest absolute Gasteiger partial charge is 0.508 e. The van der Waals surface area contributed by atoms with Crippen molar-refractivity contribution in [2.75, 3.05) is 7.05 Å². The molecular weight excluding hydrogens is 226 g/mol. The first-order chi connectivity index (χ1) is 7.34. The zero-order chi connectivity index (χ0) is 12.3. The molecular formula is C11H17NO3S. The average Bonchev–Trinajstić information content (AvgIpc) is 2.21. The van der Waals surface area contributed by atoms with Crippen LogP contribution in [0.3, 0.4) is 0 Å². The predicted octanol–water partition coefficient (Wildman–Crippen LogP) is 1.56. The summed E-state index contributed by atoms with van der Waals surface area (Å²) in [4.78, 5) is 0. The minimum Gasteiger partial charge on any atom is -0.508 e. The van der Waals surface area contributed by atoms with E-state index in [9.17, 15) is 8.42 Å². The molecule has 0 saturated carbocycles. The molecule has 0 aliphatic rings. The van der Waals surface area contributed by atoms with Crippen LogP contribution < -0.4 is 0 Å². The quantitative estimate of drug-likeness (QED) is 0.873. The van der Waals surface area contributed by atoms with Crippen molar-refractivity contribution in [1.82, 2.24) is 4.31 Å². The number of phenols is 1. The minimum atomic E-state index is -3.21. The molecule has 0 amide bonds. The van der Waals surface area contributed by atoms with Gasteiger partial charge in [-0.05, 0) is 31.5 Å². The highest BCUT2D eigenvalue weighted by Gasteiger charge is 2.21. The van der Waals surface area contributed by atoms with Gasteiger partial charge in [-0.15, -0.1) is 0 Å². The third-order valence-electron chi connectivity index (χ3n) is 2.37. The molecule has 0 aliphatic heterocycles. The van der Waals surface area contributed by atoms with E-state index in [0.717, 1.165) is 5.56 Å². The van der Waals surface area contributed by atoms with Gasteiger partial charge in [-0.1, -0.05) is 12.1 Å². The maximum atomic E-state index is 11.8. The number of aromatic hydroxyl groups is 1. The summed E-state index contributed by atoms with van der Waals surface area (Å²) >= 11 is 0. The van der Waals surface area contributed by atoms with Crippen LogP contribution in [0, 0.1) is 0 Å². The van der Waals surface area contributed by atoms with Gasteiger partial charge >= 0.3 is 0 Å². The average molecular weight is 243 g/mol. The van der Waals surface area contributed by atoms with E-state index in [4.69, 9.17) is 5.11 Å². The number of hydrogen-bond acceptors (Lipinski definition) is 3. The summed E-state index contributed by atoms with van der Waals surface area (Å²) in [6, 6.07) is 6.51. The Morgan fingerprint density at radius 3 is 2.19 bits per heavy atom. The summed E-state index contributed by atoms with van der Waals surface area (Å²) in [6.45, 7) is 3.63. The molecule has 16 heavy (non-hydrogen) atoms. The third kappa shape index (κ3) is 2.96. The SMILES string of the molecule is CC(C)S(=O)(=O)N(C)Cc1ccc(O)cc1. The first-order valence-electron chi connectivity index (χ1n) is 5.07. The van der Waals surface area contributed by atoms with E-state index in [1.807, 2.05) is 0 Å². The van der Waals surface area contributed by atoms with Gasteiger partial charge in [0.1, 0.15) is 5.75 Å². The lowest BCUT2D eigenvalue weighted by Gasteiger charge is -2.19. The molecule has 0 fully saturated rings. The highest BCUT2D eigenvalue weighted by atomic mass is 32.2. The lowest BCUT2D eigenvalue weighted by molar-refractivity contribution is 0.458. The number of sulfonamides is 1. The van der Waals surface area contributed by atoms with Crippen molar-refractivity contribution < 1.29 is 13.5 Å². The second kappa shape index (κ2) is 4.84. The van der Waals surface area contributed by atoms with Crippen LogP contribution in [-0.4, -0.2) is 30.1 Å². The zero-order valence-electron chi connectivity index (χ0n) is 9.71. The topological polar surface area (TPSA) is 57.6 Å². The number of rotatable bonds is 4. The van der Waals surface area contributed by atoms with Gasteiger partial charge in [0.15, 0.2) is 0 Å². The van der Waals surface area contributed by atoms with Crippen LogP contribution in [0.4, 0.5) is 0 Å². The molecule has 1 N–H and O–H groups in total. The van der Waals surface area contributed by atoms with Crippen LogP contribution in [0.15, 0.2) is 24.3 Å². The zero-order valence-corrected chi connectivity index (χ0v) is 10.5. The van der Waals surface area contributed by atoms with E-state index < -0.39 is 15.3 Å². The summed E-state index contributed by atoms with van der Waals surface area (Å²) in [5.74, 6) is 0.179. The third-order valence-corrected chi connectivity index (χ3v) is 4.56. The molecule has 0 aromatic heterocycles. The minimum absolute atomic E-state index is 0.179. The fraction of sp³-hybridized carbons (Fsp3) is 0.455. The molecule has 0 radical (unpaired) electrons. The van der Waals surface area contributed by atoms with Gasteiger partial charge in [0, 0.05) is 13.6 Å². The van der Waals surface area contributed by atoms with Crippen LogP contribution in [0.2, 0.25) is 0 Å². The Labute approximate surface area is 96.6 Å². The second-order valence-electron chi connectivity index (χ2n) is 4.02. The highest BCUT2D eigenvalue weighted by molar-refractivity contribution is 7.89. The molecule has 1 aromatic carbocycles. The number of benzene rings is 1. The fourth-order valence-corrected chi connectivity index (χ4v) is 2.36. The van der Waals surface area contributed by atoms with Crippen molar-refractivity contribution in [2.24, 2.45) is 0 Å². The molecule has 1 aromatic rings. The maximum absolute atomic E-state index is 11.8. The maximum Gasteiger partial charge on any atom is 0.216 e. The van der Waals surface area contributed by atoms with Gasteiger partial charge in [-0.2, -0.15) is 0 Å².